The summed E-state index contributed by atoms with van der Waals surface area (Å²) in [5, 5.41) is 0. The van der Waals surface area contributed by atoms with Gasteiger partial charge >= 0.3 is 0 Å². The second-order valence-electron chi connectivity index (χ2n) is 6.47. The van der Waals surface area contributed by atoms with Gasteiger partial charge in [-0.1, -0.05) is 12.1 Å². The highest BCUT2D eigenvalue weighted by atomic mass is 19.1. The molecule has 0 aromatic heterocycles. The second-order valence-corrected chi connectivity index (χ2v) is 6.47. The third-order valence-electron chi connectivity index (χ3n) is 5.07. The zero-order valence-electron chi connectivity index (χ0n) is 12.1. The van der Waals surface area contributed by atoms with Crippen LogP contribution in [0.2, 0.25) is 0 Å². The van der Waals surface area contributed by atoms with Gasteiger partial charge in [-0.05, 0) is 74.7 Å². The van der Waals surface area contributed by atoms with Crippen LogP contribution in [-0.2, 0) is 6.42 Å². The zero-order chi connectivity index (χ0) is 13.9. The van der Waals surface area contributed by atoms with Crippen LogP contribution in [0.25, 0.3) is 0 Å². The number of fused-ring (bicyclic) bond motifs is 3. The SMILES string of the molecule is NCCCN1C[C@@H]2CC[C@@H]1[C@H](Cc1ccc(F)cc1)C2. The maximum atomic E-state index is 13.0. The molecule has 3 fully saturated rings. The summed E-state index contributed by atoms with van der Waals surface area (Å²) >= 11 is 0. The van der Waals surface area contributed by atoms with Gasteiger partial charge in [0.05, 0.1) is 0 Å². The van der Waals surface area contributed by atoms with Crippen molar-refractivity contribution in [1.29, 1.82) is 0 Å². The van der Waals surface area contributed by atoms with Crippen LogP contribution in [0.5, 0.6) is 0 Å². The number of nitrogens with two attached hydrogens (primary N) is 1. The Labute approximate surface area is 121 Å². The highest BCUT2D eigenvalue weighted by molar-refractivity contribution is 5.17. The predicted octanol–water partition coefficient (Wildman–Crippen LogP) is 2.82. The summed E-state index contributed by atoms with van der Waals surface area (Å²) < 4.78 is 13.0. The van der Waals surface area contributed by atoms with Crippen LogP contribution in [0.4, 0.5) is 4.39 Å². The van der Waals surface area contributed by atoms with Gasteiger partial charge in [-0.3, -0.25) is 4.90 Å². The summed E-state index contributed by atoms with van der Waals surface area (Å²) in [6.45, 7) is 3.21. The fourth-order valence-electron chi connectivity index (χ4n) is 4.15. The molecule has 2 N–H and O–H groups in total. The molecule has 4 rings (SSSR count). The molecule has 2 aliphatic heterocycles. The fourth-order valence-corrected chi connectivity index (χ4v) is 4.15. The third kappa shape index (κ3) is 3.04. The monoisotopic (exact) mass is 276 g/mol. The van der Waals surface area contributed by atoms with Crippen LogP contribution in [-0.4, -0.2) is 30.6 Å². The van der Waals surface area contributed by atoms with Crippen molar-refractivity contribution in [2.75, 3.05) is 19.6 Å². The first-order chi connectivity index (χ1) is 9.76. The molecular weight excluding hydrogens is 251 g/mol. The molecule has 1 aromatic carbocycles. The fraction of sp³-hybridized carbons (Fsp3) is 0.647. The lowest BCUT2D eigenvalue weighted by atomic mass is 9.70. The number of rotatable bonds is 5. The molecule has 0 spiro atoms. The van der Waals surface area contributed by atoms with Crippen molar-refractivity contribution < 1.29 is 4.39 Å². The normalized spacial score (nSPS) is 29.8. The average Bonchev–Trinajstić information content (AvgIpc) is 2.48. The molecule has 0 amide bonds. The molecule has 0 radical (unpaired) electrons. The lowest BCUT2D eigenvalue weighted by molar-refractivity contribution is 0.00118. The number of hydrogen-bond acceptors (Lipinski definition) is 2. The molecule has 1 saturated carbocycles. The Balaban J connectivity index is 1.65. The number of hydrogen-bond donors (Lipinski definition) is 1. The highest BCUT2D eigenvalue weighted by Crippen LogP contribution is 2.40. The van der Waals surface area contributed by atoms with Gasteiger partial charge in [0.25, 0.3) is 0 Å². The van der Waals surface area contributed by atoms with Gasteiger partial charge in [0.15, 0.2) is 0 Å². The number of piperidine rings is 2. The van der Waals surface area contributed by atoms with E-state index in [0.717, 1.165) is 43.8 Å². The molecule has 2 saturated heterocycles. The summed E-state index contributed by atoms with van der Waals surface area (Å²) in [7, 11) is 0. The Morgan fingerprint density at radius 1 is 1.20 bits per heavy atom. The second kappa shape index (κ2) is 6.23. The summed E-state index contributed by atoms with van der Waals surface area (Å²) in [6.07, 6.45) is 6.28. The predicted molar refractivity (Wildman–Crippen MR) is 80.0 cm³/mol. The molecule has 110 valence electrons. The Bertz CT molecular complexity index is 431. The van der Waals surface area contributed by atoms with E-state index in [-0.39, 0.29) is 5.82 Å². The maximum Gasteiger partial charge on any atom is 0.123 e. The van der Waals surface area contributed by atoms with Crippen LogP contribution >= 0.6 is 0 Å². The van der Waals surface area contributed by atoms with E-state index >= 15 is 0 Å². The first-order valence-electron chi connectivity index (χ1n) is 7.95. The van der Waals surface area contributed by atoms with E-state index in [9.17, 15) is 4.39 Å². The third-order valence-corrected chi connectivity index (χ3v) is 5.07. The van der Waals surface area contributed by atoms with Gasteiger partial charge in [0.1, 0.15) is 5.82 Å². The summed E-state index contributed by atoms with van der Waals surface area (Å²) in [5.74, 6) is 1.47. The summed E-state index contributed by atoms with van der Waals surface area (Å²) in [5.41, 5.74) is 6.93. The summed E-state index contributed by atoms with van der Waals surface area (Å²) in [6, 6.07) is 7.78. The lowest BCUT2D eigenvalue weighted by Crippen LogP contribution is -2.53. The Morgan fingerprint density at radius 3 is 2.70 bits per heavy atom. The van der Waals surface area contributed by atoms with Gasteiger partial charge < -0.3 is 5.73 Å². The topological polar surface area (TPSA) is 29.3 Å². The van der Waals surface area contributed by atoms with Crippen molar-refractivity contribution in [3.8, 4) is 0 Å². The van der Waals surface area contributed by atoms with Crippen molar-refractivity contribution in [2.45, 2.75) is 38.1 Å². The highest BCUT2D eigenvalue weighted by Gasteiger charge is 2.39. The minimum absolute atomic E-state index is 0.136. The van der Waals surface area contributed by atoms with E-state index in [4.69, 9.17) is 5.73 Å². The molecule has 20 heavy (non-hydrogen) atoms. The van der Waals surface area contributed by atoms with Crippen molar-refractivity contribution >= 4 is 0 Å². The molecule has 3 aliphatic rings. The first-order valence-corrected chi connectivity index (χ1v) is 7.95. The summed E-state index contributed by atoms with van der Waals surface area (Å²) in [4.78, 5) is 2.67. The molecule has 3 atom stereocenters. The van der Waals surface area contributed by atoms with Crippen molar-refractivity contribution in [3.05, 3.63) is 35.6 Å². The van der Waals surface area contributed by atoms with Crippen LogP contribution in [0.1, 0.15) is 31.2 Å². The van der Waals surface area contributed by atoms with Crippen LogP contribution < -0.4 is 5.73 Å². The molecule has 2 nitrogen and oxygen atoms in total. The molecule has 1 aliphatic carbocycles. The first kappa shape index (κ1) is 14.0. The Morgan fingerprint density at radius 2 is 2.00 bits per heavy atom. The molecule has 2 bridgehead atoms. The maximum absolute atomic E-state index is 13.0. The van der Waals surface area contributed by atoms with E-state index < -0.39 is 0 Å². The minimum atomic E-state index is -0.136. The van der Waals surface area contributed by atoms with Gasteiger partial charge in [0, 0.05) is 12.6 Å². The molecule has 1 aromatic rings. The van der Waals surface area contributed by atoms with E-state index in [1.165, 1.54) is 31.4 Å². The molecular formula is C17H25FN2. The molecule has 0 unspecified atom stereocenters. The van der Waals surface area contributed by atoms with Crippen LogP contribution in [0.3, 0.4) is 0 Å². The number of halogens is 1. The Hall–Kier alpha value is -0.930. The Kier molecular flexibility index (Phi) is 4.37. The van der Waals surface area contributed by atoms with Gasteiger partial charge in [0.2, 0.25) is 0 Å². The molecule has 3 heteroatoms. The van der Waals surface area contributed by atoms with Crippen molar-refractivity contribution in [3.63, 3.8) is 0 Å². The van der Waals surface area contributed by atoms with E-state index in [1.54, 1.807) is 12.1 Å². The largest absolute Gasteiger partial charge is 0.330 e. The standard InChI is InChI=1S/C17H25FN2/c18-16-5-2-13(3-6-16)10-15-11-14-4-7-17(15)20(12-14)9-1-8-19/h2-3,5-6,14-15,17H,1,4,7-12,19H2/t14-,15-,17-/m1/s1. The van der Waals surface area contributed by atoms with Crippen LogP contribution in [0.15, 0.2) is 24.3 Å². The van der Waals surface area contributed by atoms with Crippen molar-refractivity contribution in [1.82, 2.24) is 4.90 Å². The van der Waals surface area contributed by atoms with Gasteiger partial charge in [-0.15, -0.1) is 0 Å². The van der Waals surface area contributed by atoms with E-state index in [2.05, 4.69) is 4.90 Å². The van der Waals surface area contributed by atoms with Crippen molar-refractivity contribution in [2.24, 2.45) is 17.6 Å². The van der Waals surface area contributed by atoms with Gasteiger partial charge in [-0.2, -0.15) is 0 Å². The number of nitrogens with zero attached hydrogens (tertiary/aromatic N) is 1. The van der Waals surface area contributed by atoms with E-state index in [0.29, 0.717) is 0 Å². The van der Waals surface area contributed by atoms with E-state index in [1.807, 2.05) is 12.1 Å². The average molecular weight is 276 g/mol. The van der Waals surface area contributed by atoms with Crippen LogP contribution in [0, 0.1) is 17.7 Å². The smallest absolute Gasteiger partial charge is 0.123 e. The quantitative estimate of drug-likeness (QED) is 0.896. The number of benzene rings is 1. The zero-order valence-corrected chi connectivity index (χ0v) is 12.1. The lowest BCUT2D eigenvalue weighted by Gasteiger charge is -2.50. The van der Waals surface area contributed by atoms with Gasteiger partial charge in [-0.25, -0.2) is 4.39 Å². The molecule has 2 heterocycles. The minimum Gasteiger partial charge on any atom is -0.330 e.